The first-order chi connectivity index (χ1) is 12.6. The Morgan fingerprint density at radius 2 is 2.15 bits per heavy atom. The van der Waals surface area contributed by atoms with Gasteiger partial charge in [0.1, 0.15) is 11.9 Å². The molecule has 0 spiro atoms. The third-order valence-electron chi connectivity index (χ3n) is 4.74. The van der Waals surface area contributed by atoms with E-state index in [0.29, 0.717) is 43.0 Å². The SMILES string of the molecule is Cc1nc2c(c(=O)[nH]1)CCN(C(=O)[C@@H](Cc1cnc[nH]1)n1cccc1)C2. The molecule has 0 aromatic carbocycles. The minimum atomic E-state index is -0.366. The predicted octanol–water partition coefficient (Wildman–Crippen LogP) is 0.972. The highest BCUT2D eigenvalue weighted by atomic mass is 16.2. The number of aromatic nitrogens is 5. The average molecular weight is 352 g/mol. The van der Waals surface area contributed by atoms with Crippen molar-refractivity contribution in [3.63, 3.8) is 0 Å². The molecule has 1 aliphatic heterocycles. The Labute approximate surface area is 149 Å². The number of fused-ring (bicyclic) bond motifs is 1. The second kappa shape index (κ2) is 6.62. The van der Waals surface area contributed by atoms with E-state index in [2.05, 4.69) is 19.9 Å². The van der Waals surface area contributed by atoms with Crippen molar-refractivity contribution in [2.45, 2.75) is 32.4 Å². The van der Waals surface area contributed by atoms with Crippen molar-refractivity contribution < 1.29 is 4.79 Å². The van der Waals surface area contributed by atoms with Gasteiger partial charge < -0.3 is 19.4 Å². The summed E-state index contributed by atoms with van der Waals surface area (Å²) in [5.41, 5.74) is 2.18. The summed E-state index contributed by atoms with van der Waals surface area (Å²) in [5.74, 6) is 0.587. The molecule has 8 heteroatoms. The van der Waals surface area contributed by atoms with Gasteiger partial charge in [0.05, 0.1) is 18.6 Å². The zero-order chi connectivity index (χ0) is 18.1. The van der Waals surface area contributed by atoms with Crippen LogP contribution in [0.4, 0.5) is 0 Å². The average Bonchev–Trinajstić information content (AvgIpc) is 3.32. The van der Waals surface area contributed by atoms with Gasteiger partial charge in [0, 0.05) is 42.8 Å². The molecule has 4 rings (SSSR count). The zero-order valence-corrected chi connectivity index (χ0v) is 14.5. The van der Waals surface area contributed by atoms with Crippen LogP contribution in [0.2, 0.25) is 0 Å². The summed E-state index contributed by atoms with van der Waals surface area (Å²) >= 11 is 0. The van der Waals surface area contributed by atoms with Crippen molar-refractivity contribution in [3.8, 4) is 0 Å². The molecule has 0 unspecified atom stereocenters. The van der Waals surface area contributed by atoms with Crippen molar-refractivity contribution in [1.82, 2.24) is 29.4 Å². The highest BCUT2D eigenvalue weighted by Crippen LogP contribution is 2.21. The first-order valence-corrected chi connectivity index (χ1v) is 8.59. The third kappa shape index (κ3) is 3.05. The molecule has 0 fully saturated rings. The highest BCUT2D eigenvalue weighted by molar-refractivity contribution is 5.81. The largest absolute Gasteiger partial charge is 0.348 e. The molecule has 1 atom stereocenters. The summed E-state index contributed by atoms with van der Waals surface area (Å²) in [6.07, 6.45) is 8.18. The van der Waals surface area contributed by atoms with Crippen LogP contribution < -0.4 is 5.56 Å². The molecule has 1 aliphatic rings. The molecule has 2 N–H and O–H groups in total. The van der Waals surface area contributed by atoms with E-state index in [1.54, 1.807) is 24.3 Å². The van der Waals surface area contributed by atoms with E-state index in [-0.39, 0.29) is 17.5 Å². The van der Waals surface area contributed by atoms with Crippen LogP contribution in [0.15, 0.2) is 41.8 Å². The highest BCUT2D eigenvalue weighted by Gasteiger charge is 2.30. The van der Waals surface area contributed by atoms with Crippen LogP contribution in [0.3, 0.4) is 0 Å². The number of carbonyl (C=O) groups excluding carboxylic acids is 1. The molecule has 0 saturated heterocycles. The van der Waals surface area contributed by atoms with Gasteiger partial charge in [0.15, 0.2) is 0 Å². The molecular weight excluding hydrogens is 332 g/mol. The molecule has 1 amide bonds. The molecule has 3 aromatic heterocycles. The predicted molar refractivity (Wildman–Crippen MR) is 94.5 cm³/mol. The number of H-pyrrole nitrogens is 2. The summed E-state index contributed by atoms with van der Waals surface area (Å²) in [6, 6.07) is 3.45. The standard InChI is InChI=1S/C18H20N6O2/c1-12-21-15-10-24(7-4-14(15)17(25)22-12)18(26)16(23-5-2-3-6-23)8-13-9-19-11-20-13/h2-3,5-6,9,11,16H,4,7-8,10H2,1H3,(H,19,20)(H,21,22,25)/t16-/m1/s1. The summed E-state index contributed by atoms with van der Waals surface area (Å²) in [7, 11) is 0. The Morgan fingerprint density at radius 1 is 1.35 bits per heavy atom. The maximum Gasteiger partial charge on any atom is 0.254 e. The van der Waals surface area contributed by atoms with Crippen molar-refractivity contribution in [2.75, 3.05) is 6.54 Å². The minimum Gasteiger partial charge on any atom is -0.348 e. The second-order valence-corrected chi connectivity index (χ2v) is 6.51. The monoisotopic (exact) mass is 352 g/mol. The fourth-order valence-corrected chi connectivity index (χ4v) is 3.44. The Morgan fingerprint density at radius 3 is 2.88 bits per heavy atom. The molecular formula is C18H20N6O2. The number of amides is 1. The molecule has 0 radical (unpaired) electrons. The number of hydrogen-bond acceptors (Lipinski definition) is 4. The molecule has 8 nitrogen and oxygen atoms in total. The number of carbonyl (C=O) groups is 1. The number of imidazole rings is 1. The van der Waals surface area contributed by atoms with Crippen LogP contribution in [-0.4, -0.2) is 41.9 Å². The van der Waals surface area contributed by atoms with E-state index < -0.39 is 0 Å². The fourth-order valence-electron chi connectivity index (χ4n) is 3.44. The Hall–Kier alpha value is -3.16. The molecule has 134 valence electrons. The van der Waals surface area contributed by atoms with Gasteiger partial charge in [-0.15, -0.1) is 0 Å². The lowest BCUT2D eigenvalue weighted by Gasteiger charge is -2.31. The van der Waals surface area contributed by atoms with Crippen molar-refractivity contribution in [3.05, 3.63) is 70.2 Å². The van der Waals surface area contributed by atoms with Crippen LogP contribution in [0.25, 0.3) is 0 Å². The zero-order valence-electron chi connectivity index (χ0n) is 14.5. The van der Waals surface area contributed by atoms with Gasteiger partial charge >= 0.3 is 0 Å². The number of hydrogen-bond donors (Lipinski definition) is 2. The molecule has 0 bridgehead atoms. The topological polar surface area (TPSA) is 99.7 Å². The quantitative estimate of drug-likeness (QED) is 0.731. The van der Waals surface area contributed by atoms with Crippen LogP contribution >= 0.6 is 0 Å². The van der Waals surface area contributed by atoms with Crippen LogP contribution in [0, 0.1) is 6.92 Å². The Balaban J connectivity index is 1.61. The third-order valence-corrected chi connectivity index (χ3v) is 4.74. The Kier molecular flexibility index (Phi) is 4.16. The molecule has 0 saturated carbocycles. The maximum atomic E-state index is 13.3. The molecule has 3 aromatic rings. The van der Waals surface area contributed by atoms with Crippen molar-refractivity contribution in [1.29, 1.82) is 0 Å². The number of rotatable bonds is 4. The second-order valence-electron chi connectivity index (χ2n) is 6.51. The summed E-state index contributed by atoms with van der Waals surface area (Å²) < 4.78 is 1.91. The Bertz CT molecular complexity index is 958. The normalized spacial score (nSPS) is 14.9. The van der Waals surface area contributed by atoms with E-state index in [4.69, 9.17) is 0 Å². The van der Waals surface area contributed by atoms with Gasteiger partial charge in [0.2, 0.25) is 5.91 Å². The van der Waals surface area contributed by atoms with Crippen LogP contribution in [0.5, 0.6) is 0 Å². The maximum absolute atomic E-state index is 13.3. The number of nitrogens with one attached hydrogen (secondary N) is 2. The number of nitrogens with zero attached hydrogens (tertiary/aromatic N) is 4. The lowest BCUT2D eigenvalue weighted by Crippen LogP contribution is -2.43. The van der Waals surface area contributed by atoms with E-state index in [0.717, 1.165) is 5.69 Å². The summed E-state index contributed by atoms with van der Waals surface area (Å²) in [6.45, 7) is 2.63. The van der Waals surface area contributed by atoms with Crippen LogP contribution in [-0.2, 0) is 24.2 Å². The number of aromatic amines is 2. The molecule has 0 aliphatic carbocycles. The first kappa shape index (κ1) is 16.3. The minimum absolute atomic E-state index is 0.0150. The van der Waals surface area contributed by atoms with Gasteiger partial charge in [0.25, 0.3) is 5.56 Å². The molecule has 4 heterocycles. The fraction of sp³-hybridized carbons (Fsp3) is 0.333. The van der Waals surface area contributed by atoms with Crippen molar-refractivity contribution in [2.24, 2.45) is 0 Å². The van der Waals surface area contributed by atoms with E-state index in [1.807, 2.05) is 29.1 Å². The first-order valence-electron chi connectivity index (χ1n) is 8.59. The summed E-state index contributed by atoms with van der Waals surface area (Å²) in [5, 5.41) is 0. The van der Waals surface area contributed by atoms with Gasteiger partial charge in [-0.05, 0) is 25.5 Å². The van der Waals surface area contributed by atoms with Gasteiger partial charge in [-0.25, -0.2) is 9.97 Å². The smallest absolute Gasteiger partial charge is 0.254 e. The summed E-state index contributed by atoms with van der Waals surface area (Å²) in [4.78, 5) is 41.4. The van der Waals surface area contributed by atoms with Gasteiger partial charge in [-0.2, -0.15) is 0 Å². The van der Waals surface area contributed by atoms with Crippen LogP contribution in [0.1, 0.15) is 28.8 Å². The van der Waals surface area contributed by atoms with E-state index in [9.17, 15) is 9.59 Å². The lowest BCUT2D eigenvalue weighted by atomic mass is 10.0. The van der Waals surface area contributed by atoms with Gasteiger partial charge in [-0.3, -0.25) is 9.59 Å². The lowest BCUT2D eigenvalue weighted by molar-refractivity contribution is -0.135. The van der Waals surface area contributed by atoms with E-state index >= 15 is 0 Å². The number of aryl methyl sites for hydroxylation is 1. The van der Waals surface area contributed by atoms with Crippen molar-refractivity contribution >= 4 is 5.91 Å². The molecule has 26 heavy (non-hydrogen) atoms. The van der Waals surface area contributed by atoms with E-state index in [1.165, 1.54) is 0 Å². The van der Waals surface area contributed by atoms with Gasteiger partial charge in [-0.1, -0.05) is 0 Å².